The van der Waals surface area contributed by atoms with Crippen molar-refractivity contribution in [2.24, 2.45) is 11.7 Å². The van der Waals surface area contributed by atoms with Gasteiger partial charge >= 0.3 is 0 Å². The zero-order valence-electron chi connectivity index (χ0n) is 15.7. The number of nitrogens with two attached hydrogens (primary N) is 1. The molecule has 0 spiro atoms. The monoisotopic (exact) mass is 352 g/mol. The summed E-state index contributed by atoms with van der Waals surface area (Å²) in [5, 5.41) is 9.75. The van der Waals surface area contributed by atoms with Crippen molar-refractivity contribution in [2.45, 2.75) is 33.3 Å². The Morgan fingerprint density at radius 1 is 1.35 bits per heavy atom. The minimum atomic E-state index is 0.00476. The van der Waals surface area contributed by atoms with Crippen LogP contribution in [0.3, 0.4) is 0 Å². The molecular formula is C21H28N4O. The molecule has 0 amide bonds. The molecule has 0 aromatic carbocycles. The van der Waals surface area contributed by atoms with E-state index in [1.54, 1.807) is 6.20 Å². The summed E-state index contributed by atoms with van der Waals surface area (Å²) in [6, 6.07) is 7.98. The van der Waals surface area contributed by atoms with Crippen LogP contribution in [-0.4, -0.2) is 34.7 Å². The van der Waals surface area contributed by atoms with Gasteiger partial charge in [-0.05, 0) is 62.9 Å². The number of pyridine rings is 2. The van der Waals surface area contributed by atoms with E-state index < -0.39 is 0 Å². The maximum Gasteiger partial charge on any atom is 0.129 e. The summed E-state index contributed by atoms with van der Waals surface area (Å²) in [6.45, 7) is 6.70. The first kappa shape index (κ1) is 18.5. The summed E-state index contributed by atoms with van der Waals surface area (Å²) in [6.07, 6.45) is 6.05. The van der Waals surface area contributed by atoms with Crippen LogP contribution in [0.4, 0.5) is 5.82 Å². The van der Waals surface area contributed by atoms with E-state index in [2.05, 4.69) is 22.0 Å². The summed E-state index contributed by atoms with van der Waals surface area (Å²) < 4.78 is 0. The minimum absolute atomic E-state index is 0.00476. The highest BCUT2D eigenvalue weighted by Crippen LogP contribution is 2.28. The van der Waals surface area contributed by atoms with Gasteiger partial charge in [-0.3, -0.25) is 4.98 Å². The predicted molar refractivity (Wildman–Crippen MR) is 106 cm³/mol. The van der Waals surface area contributed by atoms with Crippen molar-refractivity contribution in [1.82, 2.24) is 9.97 Å². The third-order valence-electron chi connectivity index (χ3n) is 5.19. The van der Waals surface area contributed by atoms with Gasteiger partial charge < -0.3 is 15.7 Å². The molecule has 0 unspecified atom stereocenters. The van der Waals surface area contributed by atoms with Crippen LogP contribution in [0.1, 0.15) is 42.3 Å². The second-order valence-corrected chi connectivity index (χ2v) is 6.88. The van der Waals surface area contributed by atoms with Crippen LogP contribution in [0.5, 0.6) is 0 Å². The Morgan fingerprint density at radius 3 is 2.73 bits per heavy atom. The predicted octanol–water partition coefficient (Wildman–Crippen LogP) is 2.90. The zero-order valence-corrected chi connectivity index (χ0v) is 15.7. The van der Waals surface area contributed by atoms with Crippen molar-refractivity contribution in [3.63, 3.8) is 0 Å². The second-order valence-electron chi connectivity index (χ2n) is 6.88. The first-order valence-corrected chi connectivity index (χ1v) is 9.31. The van der Waals surface area contributed by atoms with Crippen LogP contribution in [-0.2, 0) is 6.61 Å². The smallest absolute Gasteiger partial charge is 0.129 e. The summed E-state index contributed by atoms with van der Waals surface area (Å²) in [5.74, 6) is 1.54. The molecule has 0 bridgehead atoms. The lowest BCUT2D eigenvalue weighted by molar-refractivity contribution is 0.281. The van der Waals surface area contributed by atoms with Crippen LogP contribution in [0.15, 0.2) is 36.5 Å². The fourth-order valence-corrected chi connectivity index (χ4v) is 3.57. The number of nitrogens with zero attached hydrogens (tertiary/aromatic N) is 3. The molecule has 5 heteroatoms. The van der Waals surface area contributed by atoms with Crippen LogP contribution in [0.25, 0.3) is 5.57 Å². The highest BCUT2D eigenvalue weighted by molar-refractivity contribution is 5.79. The van der Waals surface area contributed by atoms with E-state index in [-0.39, 0.29) is 6.61 Å². The van der Waals surface area contributed by atoms with Crippen molar-refractivity contribution < 1.29 is 5.11 Å². The summed E-state index contributed by atoms with van der Waals surface area (Å²) >= 11 is 0. The Labute approximate surface area is 155 Å². The molecule has 3 heterocycles. The maximum absolute atomic E-state index is 9.75. The highest BCUT2D eigenvalue weighted by Gasteiger charge is 2.20. The lowest BCUT2D eigenvalue weighted by atomic mass is 9.96. The minimum Gasteiger partial charge on any atom is -0.392 e. The van der Waals surface area contributed by atoms with Gasteiger partial charge in [0.1, 0.15) is 5.82 Å². The summed E-state index contributed by atoms with van der Waals surface area (Å²) in [7, 11) is 0. The van der Waals surface area contributed by atoms with Gasteiger partial charge in [0.15, 0.2) is 0 Å². The molecule has 3 rings (SSSR count). The largest absolute Gasteiger partial charge is 0.392 e. The molecule has 2 aromatic heterocycles. The molecule has 1 fully saturated rings. The van der Waals surface area contributed by atoms with E-state index in [0.29, 0.717) is 5.92 Å². The number of aliphatic hydroxyl groups excluding tert-OH is 1. The lowest BCUT2D eigenvalue weighted by Gasteiger charge is -2.32. The van der Waals surface area contributed by atoms with Gasteiger partial charge in [-0.25, -0.2) is 4.98 Å². The number of aryl methyl sites for hydroxylation is 1. The second kappa shape index (κ2) is 8.43. The number of rotatable bonds is 5. The fourth-order valence-electron chi connectivity index (χ4n) is 3.57. The van der Waals surface area contributed by atoms with Crippen molar-refractivity contribution in [3.05, 3.63) is 59.1 Å². The van der Waals surface area contributed by atoms with E-state index in [1.807, 2.05) is 32.0 Å². The number of aliphatic hydroxyl groups is 1. The van der Waals surface area contributed by atoms with Crippen molar-refractivity contribution in [3.8, 4) is 0 Å². The number of anilines is 1. The molecule has 0 aliphatic carbocycles. The lowest BCUT2D eigenvalue weighted by Crippen LogP contribution is -2.36. The van der Waals surface area contributed by atoms with E-state index >= 15 is 0 Å². The normalized spacial score (nSPS) is 16.2. The molecule has 3 N–H and O–H groups in total. The van der Waals surface area contributed by atoms with Crippen molar-refractivity contribution in [1.29, 1.82) is 0 Å². The molecule has 1 aliphatic rings. The number of hydrogen-bond acceptors (Lipinski definition) is 5. The van der Waals surface area contributed by atoms with Gasteiger partial charge in [0.05, 0.1) is 12.3 Å². The van der Waals surface area contributed by atoms with Crippen molar-refractivity contribution >= 4 is 11.4 Å². The Morgan fingerprint density at radius 2 is 2.12 bits per heavy atom. The molecule has 138 valence electrons. The Kier molecular flexibility index (Phi) is 6.01. The van der Waals surface area contributed by atoms with Crippen LogP contribution < -0.4 is 10.6 Å². The Balaban J connectivity index is 1.96. The summed E-state index contributed by atoms with van der Waals surface area (Å²) in [4.78, 5) is 11.6. The van der Waals surface area contributed by atoms with Gasteiger partial charge in [-0.1, -0.05) is 12.1 Å². The van der Waals surface area contributed by atoms with Gasteiger partial charge in [0.25, 0.3) is 0 Å². The topological polar surface area (TPSA) is 75.3 Å². The number of piperidine rings is 1. The standard InChI is InChI=1S/C21H28N4O/c1-3-18(19-5-4-8-23-15(19)2)20-11-17(14-26)12-21(24-20)25-9-6-16(13-22)7-10-25/h3-5,8,11-12,16,26H,6-7,9-10,13-14,22H2,1-2H3. The van der Waals surface area contributed by atoms with Crippen LogP contribution in [0.2, 0.25) is 0 Å². The first-order valence-electron chi connectivity index (χ1n) is 9.31. The number of hydrogen-bond donors (Lipinski definition) is 2. The average Bonchev–Trinajstić information content (AvgIpc) is 2.70. The van der Waals surface area contributed by atoms with E-state index in [0.717, 1.165) is 66.4 Å². The Bertz CT molecular complexity index is 779. The SMILES string of the molecule is CC=C(c1cc(CO)cc(N2CCC(CN)CC2)n1)c1cccnc1C. The molecule has 5 nitrogen and oxygen atoms in total. The van der Waals surface area contributed by atoms with Gasteiger partial charge in [-0.15, -0.1) is 0 Å². The Hall–Kier alpha value is -2.24. The number of allylic oxidation sites excluding steroid dienone is 1. The van der Waals surface area contributed by atoms with E-state index in [9.17, 15) is 5.11 Å². The van der Waals surface area contributed by atoms with Gasteiger partial charge in [-0.2, -0.15) is 0 Å². The third kappa shape index (κ3) is 3.94. The fraction of sp³-hybridized carbons (Fsp3) is 0.429. The number of aromatic nitrogens is 2. The average molecular weight is 352 g/mol. The van der Waals surface area contributed by atoms with Crippen LogP contribution >= 0.6 is 0 Å². The molecule has 2 aromatic rings. The molecule has 0 radical (unpaired) electrons. The van der Waals surface area contributed by atoms with E-state index in [4.69, 9.17) is 10.7 Å². The molecule has 1 saturated heterocycles. The van der Waals surface area contributed by atoms with E-state index in [1.165, 1.54) is 0 Å². The molecule has 0 saturated carbocycles. The quantitative estimate of drug-likeness (QED) is 0.865. The van der Waals surface area contributed by atoms with Crippen LogP contribution in [0, 0.1) is 12.8 Å². The molecular weight excluding hydrogens is 324 g/mol. The van der Waals surface area contributed by atoms with Gasteiger partial charge in [0, 0.05) is 36.1 Å². The first-order chi connectivity index (χ1) is 12.7. The molecule has 1 aliphatic heterocycles. The summed E-state index contributed by atoms with van der Waals surface area (Å²) in [5.41, 5.74) is 10.7. The van der Waals surface area contributed by atoms with Gasteiger partial charge in [0.2, 0.25) is 0 Å². The third-order valence-corrected chi connectivity index (χ3v) is 5.19. The zero-order chi connectivity index (χ0) is 18.5. The van der Waals surface area contributed by atoms with Crippen molar-refractivity contribution in [2.75, 3.05) is 24.5 Å². The highest BCUT2D eigenvalue weighted by atomic mass is 16.3. The maximum atomic E-state index is 9.75. The molecule has 0 atom stereocenters. The molecule has 26 heavy (non-hydrogen) atoms.